The zero-order valence-corrected chi connectivity index (χ0v) is 16.2. The molecule has 25 heavy (non-hydrogen) atoms. The Kier molecular flexibility index (Phi) is 9.23. The van der Waals surface area contributed by atoms with E-state index in [0.29, 0.717) is 5.92 Å². The van der Waals surface area contributed by atoms with Crippen molar-refractivity contribution in [2.24, 2.45) is 10.9 Å². The Hall–Kier alpha value is -2.42. The predicted octanol–water partition coefficient (Wildman–Crippen LogP) is 5.35. The monoisotopic (exact) mass is 337 g/mol. The van der Waals surface area contributed by atoms with Gasteiger partial charge in [0, 0.05) is 30.7 Å². The van der Waals surface area contributed by atoms with Gasteiger partial charge in [0.2, 0.25) is 0 Å². The molecule has 1 heterocycles. The van der Waals surface area contributed by atoms with Gasteiger partial charge in [-0.1, -0.05) is 45.4 Å². The zero-order chi connectivity index (χ0) is 18.7. The second kappa shape index (κ2) is 11.2. The molecule has 0 spiro atoms. The fourth-order valence-electron chi connectivity index (χ4n) is 2.44. The molecule has 0 radical (unpaired) electrons. The molecule has 2 aromatic rings. The van der Waals surface area contributed by atoms with Gasteiger partial charge in [-0.25, -0.2) is 0 Å². The third kappa shape index (κ3) is 8.30. The van der Waals surface area contributed by atoms with Gasteiger partial charge in [0.25, 0.3) is 0 Å². The van der Waals surface area contributed by atoms with Crippen LogP contribution in [0.1, 0.15) is 44.0 Å². The summed E-state index contributed by atoms with van der Waals surface area (Å²) >= 11 is 0. The van der Waals surface area contributed by atoms with Crippen LogP contribution in [-0.4, -0.2) is 18.2 Å². The van der Waals surface area contributed by atoms with E-state index >= 15 is 0 Å². The third-order valence-corrected chi connectivity index (χ3v) is 3.48. The standard InChI is InChI=1S/C15H22N2.C7H9N/c1-5-6-13-7-8-17-15(10-13)14(11-16-4)9-12(2)3;1-6-3-2-4-7(8)5-6/h7-12H,5-6H2,1-4H3;2-5H,8H2,1H3/b14-9+,16-11?;. The lowest BCUT2D eigenvalue weighted by Gasteiger charge is -2.06. The molecule has 0 atom stereocenters. The molecule has 0 fully saturated rings. The molecule has 0 aliphatic heterocycles. The summed E-state index contributed by atoms with van der Waals surface area (Å²) in [5.74, 6) is 0.500. The van der Waals surface area contributed by atoms with Crippen LogP contribution in [0.5, 0.6) is 0 Å². The molecule has 0 saturated heterocycles. The average Bonchev–Trinajstić information content (AvgIpc) is 2.55. The highest BCUT2D eigenvalue weighted by Crippen LogP contribution is 2.15. The Morgan fingerprint density at radius 1 is 1.24 bits per heavy atom. The summed E-state index contributed by atoms with van der Waals surface area (Å²) in [6.07, 6.45) is 8.24. The molecule has 2 N–H and O–H groups in total. The SMILES string of the molecule is CCCc1ccnc(/C(C=NC)=C/C(C)C)c1.Cc1cccc(N)c1. The van der Waals surface area contributed by atoms with Crippen molar-refractivity contribution in [2.75, 3.05) is 12.8 Å². The molecule has 1 aromatic heterocycles. The molecule has 0 aliphatic rings. The Morgan fingerprint density at radius 2 is 2.00 bits per heavy atom. The smallest absolute Gasteiger partial charge is 0.0716 e. The molecular weight excluding hydrogens is 306 g/mol. The summed E-state index contributed by atoms with van der Waals surface area (Å²) in [6, 6.07) is 12.1. The molecule has 0 unspecified atom stereocenters. The minimum absolute atomic E-state index is 0.500. The Bertz CT molecular complexity index is 683. The van der Waals surface area contributed by atoms with Gasteiger partial charge in [0.15, 0.2) is 0 Å². The molecule has 0 aliphatic carbocycles. The summed E-state index contributed by atoms with van der Waals surface area (Å²) in [5, 5.41) is 0. The Morgan fingerprint density at radius 3 is 2.52 bits per heavy atom. The Balaban J connectivity index is 0.000000324. The number of anilines is 1. The zero-order valence-electron chi connectivity index (χ0n) is 16.2. The number of nitrogen functional groups attached to an aromatic ring is 1. The van der Waals surface area contributed by atoms with Crippen LogP contribution in [0.15, 0.2) is 53.7 Å². The largest absolute Gasteiger partial charge is 0.399 e. The normalized spacial score (nSPS) is 11.5. The van der Waals surface area contributed by atoms with Crippen molar-refractivity contribution in [3.05, 3.63) is 65.5 Å². The van der Waals surface area contributed by atoms with Crippen molar-refractivity contribution in [2.45, 2.75) is 40.5 Å². The molecule has 1 aromatic carbocycles. The summed E-state index contributed by atoms with van der Waals surface area (Å²) < 4.78 is 0. The highest BCUT2D eigenvalue weighted by molar-refractivity contribution is 6.09. The highest BCUT2D eigenvalue weighted by Gasteiger charge is 2.03. The predicted molar refractivity (Wildman–Crippen MR) is 111 cm³/mol. The van der Waals surface area contributed by atoms with Crippen LogP contribution in [0.4, 0.5) is 5.69 Å². The number of aliphatic imine (C=N–C) groups is 1. The fourth-order valence-corrected chi connectivity index (χ4v) is 2.44. The second-order valence-electron chi connectivity index (χ2n) is 6.47. The van der Waals surface area contributed by atoms with Crippen molar-refractivity contribution in [3.63, 3.8) is 0 Å². The van der Waals surface area contributed by atoms with E-state index < -0.39 is 0 Å². The number of hydrogen-bond donors (Lipinski definition) is 1. The van der Waals surface area contributed by atoms with Crippen LogP contribution in [-0.2, 0) is 6.42 Å². The number of nitrogens with two attached hydrogens (primary N) is 1. The number of allylic oxidation sites excluding steroid dienone is 2. The number of hydrogen-bond acceptors (Lipinski definition) is 3. The maximum Gasteiger partial charge on any atom is 0.0716 e. The van der Waals surface area contributed by atoms with Gasteiger partial charge in [-0.05, 0) is 54.7 Å². The maximum atomic E-state index is 5.46. The van der Waals surface area contributed by atoms with Gasteiger partial charge >= 0.3 is 0 Å². The first kappa shape index (κ1) is 20.6. The van der Waals surface area contributed by atoms with Crippen LogP contribution in [0.2, 0.25) is 0 Å². The topological polar surface area (TPSA) is 51.3 Å². The van der Waals surface area contributed by atoms with Crippen LogP contribution in [0.25, 0.3) is 5.57 Å². The molecule has 0 bridgehead atoms. The highest BCUT2D eigenvalue weighted by atomic mass is 14.7. The van der Waals surface area contributed by atoms with Gasteiger partial charge in [-0.2, -0.15) is 0 Å². The minimum Gasteiger partial charge on any atom is -0.399 e. The van der Waals surface area contributed by atoms with Crippen LogP contribution in [0.3, 0.4) is 0 Å². The first-order chi connectivity index (χ1) is 12.0. The third-order valence-electron chi connectivity index (χ3n) is 3.48. The number of aromatic nitrogens is 1. The van der Waals surface area contributed by atoms with E-state index in [1.807, 2.05) is 43.6 Å². The molecule has 0 amide bonds. The molecule has 134 valence electrons. The van der Waals surface area contributed by atoms with E-state index in [1.54, 1.807) is 7.05 Å². The van der Waals surface area contributed by atoms with E-state index in [1.165, 1.54) is 11.1 Å². The van der Waals surface area contributed by atoms with Crippen molar-refractivity contribution in [1.29, 1.82) is 0 Å². The number of pyridine rings is 1. The number of aryl methyl sites for hydroxylation is 2. The van der Waals surface area contributed by atoms with Gasteiger partial charge < -0.3 is 5.73 Å². The van der Waals surface area contributed by atoms with Gasteiger partial charge in [0.1, 0.15) is 0 Å². The molecule has 0 saturated carbocycles. The summed E-state index contributed by atoms with van der Waals surface area (Å²) in [7, 11) is 1.80. The van der Waals surface area contributed by atoms with Crippen molar-refractivity contribution >= 4 is 17.5 Å². The van der Waals surface area contributed by atoms with E-state index in [-0.39, 0.29) is 0 Å². The lowest BCUT2D eigenvalue weighted by Crippen LogP contribution is -1.95. The first-order valence-corrected chi connectivity index (χ1v) is 8.87. The lowest BCUT2D eigenvalue weighted by atomic mass is 10.0. The van der Waals surface area contributed by atoms with E-state index in [4.69, 9.17) is 5.73 Å². The van der Waals surface area contributed by atoms with Gasteiger partial charge in [-0.3, -0.25) is 9.98 Å². The Labute approximate surface area is 152 Å². The molecule has 2 rings (SSSR count). The van der Waals surface area contributed by atoms with E-state index in [0.717, 1.165) is 29.8 Å². The molecule has 3 nitrogen and oxygen atoms in total. The van der Waals surface area contributed by atoms with Crippen LogP contribution in [0, 0.1) is 12.8 Å². The lowest BCUT2D eigenvalue weighted by molar-refractivity contribution is 0.834. The number of rotatable bonds is 5. The van der Waals surface area contributed by atoms with Crippen molar-refractivity contribution in [1.82, 2.24) is 4.98 Å². The second-order valence-corrected chi connectivity index (χ2v) is 6.47. The van der Waals surface area contributed by atoms with E-state index in [9.17, 15) is 0 Å². The van der Waals surface area contributed by atoms with Crippen LogP contribution < -0.4 is 5.73 Å². The average molecular weight is 338 g/mol. The maximum absolute atomic E-state index is 5.46. The fraction of sp³-hybridized carbons (Fsp3) is 0.364. The van der Waals surface area contributed by atoms with Crippen LogP contribution >= 0.6 is 0 Å². The quantitative estimate of drug-likeness (QED) is 0.590. The molecule has 3 heteroatoms. The summed E-state index contributed by atoms with van der Waals surface area (Å²) in [6.45, 7) is 8.55. The van der Waals surface area contributed by atoms with Crippen molar-refractivity contribution < 1.29 is 0 Å². The van der Waals surface area contributed by atoms with Gasteiger partial charge in [-0.15, -0.1) is 0 Å². The number of benzene rings is 1. The number of nitrogens with zero attached hydrogens (tertiary/aromatic N) is 2. The van der Waals surface area contributed by atoms with E-state index in [2.05, 4.69) is 49.0 Å². The summed E-state index contributed by atoms with van der Waals surface area (Å²) in [4.78, 5) is 8.54. The molecular formula is C22H31N3. The van der Waals surface area contributed by atoms with Crippen molar-refractivity contribution in [3.8, 4) is 0 Å². The minimum atomic E-state index is 0.500. The van der Waals surface area contributed by atoms with Gasteiger partial charge in [0.05, 0.1) is 5.69 Å². The first-order valence-electron chi connectivity index (χ1n) is 8.87. The summed E-state index contributed by atoms with van der Waals surface area (Å²) in [5.41, 5.74) is 11.0.